The van der Waals surface area contributed by atoms with Gasteiger partial charge < -0.3 is 4.74 Å². The molecule has 0 saturated heterocycles. The molecule has 0 unspecified atom stereocenters. The highest BCUT2D eigenvalue weighted by molar-refractivity contribution is 7.99. The molecule has 0 aliphatic carbocycles. The maximum atomic E-state index is 11.2. The molecule has 0 amide bonds. The van der Waals surface area contributed by atoms with Crippen LogP contribution in [0.1, 0.15) is 0 Å². The number of hydroxylamine groups is 1. The van der Waals surface area contributed by atoms with Crippen LogP contribution in [0.5, 0.6) is 0 Å². The van der Waals surface area contributed by atoms with E-state index in [0.29, 0.717) is 5.57 Å². The summed E-state index contributed by atoms with van der Waals surface area (Å²) < 4.78 is 5.67. The first-order valence-electron chi connectivity index (χ1n) is 3.55. The van der Waals surface area contributed by atoms with Crippen LogP contribution in [-0.2, 0) is 9.53 Å². The number of nitrogens with zero attached hydrogens (tertiary/aromatic N) is 1. The summed E-state index contributed by atoms with van der Waals surface area (Å²) in [6.07, 6.45) is 4.34. The van der Waals surface area contributed by atoms with Crippen LogP contribution >= 0.6 is 11.9 Å². The van der Waals surface area contributed by atoms with Gasteiger partial charge in [0.1, 0.15) is 6.61 Å². The van der Waals surface area contributed by atoms with Crippen LogP contribution < -0.4 is 0 Å². The van der Waals surface area contributed by atoms with Crippen LogP contribution in [0, 0.1) is 0 Å². The molecule has 0 atom stereocenters. The Morgan fingerprint density at radius 2 is 2.62 bits per heavy atom. The first-order chi connectivity index (χ1) is 6.24. The molecule has 1 heterocycles. The lowest BCUT2D eigenvalue weighted by Crippen LogP contribution is -2.10. The van der Waals surface area contributed by atoms with E-state index in [4.69, 9.17) is 9.94 Å². The Morgan fingerprint density at radius 3 is 3.15 bits per heavy atom. The minimum Gasteiger partial charge on any atom is -0.458 e. The van der Waals surface area contributed by atoms with Gasteiger partial charge in [0.15, 0.2) is 0 Å². The molecule has 0 bridgehead atoms. The van der Waals surface area contributed by atoms with Gasteiger partial charge in [-0.1, -0.05) is 12.7 Å². The van der Waals surface area contributed by atoms with E-state index in [2.05, 4.69) is 6.58 Å². The molecule has 0 aromatic heterocycles. The van der Waals surface area contributed by atoms with Crippen LogP contribution in [-0.4, -0.2) is 22.3 Å². The molecule has 4 nitrogen and oxygen atoms in total. The lowest BCUT2D eigenvalue weighted by atomic mass is 10.3. The van der Waals surface area contributed by atoms with Crippen molar-refractivity contribution in [1.29, 1.82) is 0 Å². The quantitative estimate of drug-likeness (QED) is 0.423. The molecule has 0 aromatic rings. The van der Waals surface area contributed by atoms with E-state index >= 15 is 0 Å². The zero-order chi connectivity index (χ0) is 9.68. The van der Waals surface area contributed by atoms with Crippen LogP contribution in [0.25, 0.3) is 0 Å². The van der Waals surface area contributed by atoms with Crippen molar-refractivity contribution in [2.45, 2.75) is 0 Å². The highest BCUT2D eigenvalue weighted by atomic mass is 32.2. The second-order valence-corrected chi connectivity index (χ2v) is 3.00. The van der Waals surface area contributed by atoms with E-state index in [1.807, 2.05) is 0 Å². The first kappa shape index (κ1) is 9.88. The predicted molar refractivity (Wildman–Crippen MR) is 49.6 cm³/mol. The Kier molecular flexibility index (Phi) is 3.60. The molecular formula is C8H9NO3S. The third kappa shape index (κ3) is 2.96. The summed E-state index contributed by atoms with van der Waals surface area (Å²) in [6, 6.07) is 0. The Labute approximate surface area is 80.3 Å². The van der Waals surface area contributed by atoms with Gasteiger partial charge in [0, 0.05) is 23.6 Å². The van der Waals surface area contributed by atoms with Gasteiger partial charge in [-0.25, -0.2) is 9.26 Å². The van der Waals surface area contributed by atoms with Gasteiger partial charge in [0.25, 0.3) is 0 Å². The summed E-state index contributed by atoms with van der Waals surface area (Å²) in [5.74, 6) is -0.420. The summed E-state index contributed by atoms with van der Waals surface area (Å²) in [5.41, 5.74) is 0.414. The summed E-state index contributed by atoms with van der Waals surface area (Å²) >= 11 is 1.00. The highest BCUT2D eigenvalue weighted by Crippen LogP contribution is 2.19. The fourth-order valence-electron chi connectivity index (χ4n) is 0.663. The van der Waals surface area contributed by atoms with Gasteiger partial charge in [-0.05, 0) is 6.08 Å². The van der Waals surface area contributed by atoms with Crippen molar-refractivity contribution in [2.75, 3.05) is 6.61 Å². The summed E-state index contributed by atoms with van der Waals surface area (Å²) in [5, 5.41) is 10.4. The van der Waals surface area contributed by atoms with Crippen molar-refractivity contribution in [3.05, 3.63) is 35.9 Å². The molecule has 1 aliphatic heterocycles. The predicted octanol–water partition coefficient (Wildman–Crippen LogP) is 1.47. The molecular weight excluding hydrogens is 190 g/mol. The number of esters is 1. The lowest BCUT2D eigenvalue weighted by molar-refractivity contribution is -0.137. The Hall–Kier alpha value is -1.20. The van der Waals surface area contributed by atoms with Gasteiger partial charge in [-0.2, -0.15) is 0 Å². The van der Waals surface area contributed by atoms with Gasteiger partial charge in [-0.3, -0.25) is 5.21 Å². The molecule has 5 heteroatoms. The van der Waals surface area contributed by atoms with E-state index in [-0.39, 0.29) is 6.61 Å². The second kappa shape index (κ2) is 4.74. The first-order valence-corrected chi connectivity index (χ1v) is 4.39. The fourth-order valence-corrected chi connectivity index (χ4v) is 1.19. The third-order valence-corrected chi connectivity index (χ3v) is 1.93. The molecule has 1 aliphatic rings. The average molecular weight is 199 g/mol. The monoisotopic (exact) mass is 199 g/mol. The topological polar surface area (TPSA) is 49.8 Å². The van der Waals surface area contributed by atoms with Crippen LogP contribution in [0.3, 0.4) is 0 Å². The SMILES string of the molecule is C=CCOC(=O)C1=CSN(O)C=C1. The molecule has 0 fully saturated rings. The number of rotatable bonds is 3. The number of carbonyl (C=O) groups excluding carboxylic acids is 1. The van der Waals surface area contributed by atoms with E-state index < -0.39 is 5.97 Å². The van der Waals surface area contributed by atoms with Gasteiger partial charge in [0.05, 0.1) is 5.57 Å². The summed E-state index contributed by atoms with van der Waals surface area (Å²) in [6.45, 7) is 3.61. The third-order valence-electron chi connectivity index (χ3n) is 1.24. The average Bonchev–Trinajstić information content (AvgIpc) is 2.15. The summed E-state index contributed by atoms with van der Waals surface area (Å²) in [4.78, 5) is 11.2. The van der Waals surface area contributed by atoms with Crippen molar-refractivity contribution in [1.82, 2.24) is 4.47 Å². The van der Waals surface area contributed by atoms with E-state index in [1.165, 1.54) is 23.8 Å². The van der Waals surface area contributed by atoms with E-state index in [0.717, 1.165) is 16.4 Å². The minimum absolute atomic E-state index is 0.192. The van der Waals surface area contributed by atoms with Crippen molar-refractivity contribution >= 4 is 17.9 Å². The van der Waals surface area contributed by atoms with Crippen LogP contribution in [0.15, 0.2) is 35.9 Å². The van der Waals surface area contributed by atoms with Crippen molar-refractivity contribution in [3.63, 3.8) is 0 Å². The number of hydrogen-bond acceptors (Lipinski definition) is 5. The Bertz CT molecular complexity index is 273. The zero-order valence-electron chi connectivity index (χ0n) is 6.84. The molecule has 13 heavy (non-hydrogen) atoms. The normalized spacial score (nSPS) is 15.2. The largest absolute Gasteiger partial charge is 0.458 e. The second-order valence-electron chi connectivity index (χ2n) is 2.18. The molecule has 1 rings (SSSR count). The van der Waals surface area contributed by atoms with Crippen molar-refractivity contribution in [2.24, 2.45) is 0 Å². The molecule has 0 spiro atoms. The molecule has 70 valence electrons. The molecule has 1 N–H and O–H groups in total. The zero-order valence-corrected chi connectivity index (χ0v) is 7.66. The molecule has 0 aromatic carbocycles. The van der Waals surface area contributed by atoms with Crippen molar-refractivity contribution < 1.29 is 14.7 Å². The Balaban J connectivity index is 2.49. The van der Waals surface area contributed by atoms with Gasteiger partial charge in [-0.15, -0.1) is 0 Å². The number of carbonyl (C=O) groups is 1. The smallest absolute Gasteiger partial charge is 0.339 e. The standard InChI is InChI=1S/C8H9NO3S/c1-2-5-12-8(10)7-3-4-9(11)13-6-7/h2-4,6,11H,1,5H2. The molecule has 0 radical (unpaired) electrons. The maximum absolute atomic E-state index is 11.2. The van der Waals surface area contributed by atoms with Gasteiger partial charge >= 0.3 is 5.97 Å². The summed E-state index contributed by atoms with van der Waals surface area (Å²) in [7, 11) is 0. The highest BCUT2D eigenvalue weighted by Gasteiger charge is 2.11. The maximum Gasteiger partial charge on any atom is 0.339 e. The van der Waals surface area contributed by atoms with Crippen LogP contribution in [0.4, 0.5) is 0 Å². The van der Waals surface area contributed by atoms with E-state index in [1.54, 1.807) is 0 Å². The number of hydrogen-bond donors (Lipinski definition) is 1. The lowest BCUT2D eigenvalue weighted by Gasteiger charge is -2.12. The van der Waals surface area contributed by atoms with Crippen molar-refractivity contribution in [3.8, 4) is 0 Å². The number of ether oxygens (including phenoxy) is 1. The molecule has 0 saturated carbocycles. The minimum atomic E-state index is -0.420. The van der Waals surface area contributed by atoms with E-state index in [9.17, 15) is 4.79 Å². The van der Waals surface area contributed by atoms with Gasteiger partial charge in [0.2, 0.25) is 0 Å². The fraction of sp³-hybridized carbons (Fsp3) is 0.125. The Morgan fingerprint density at radius 1 is 1.85 bits per heavy atom. The van der Waals surface area contributed by atoms with Crippen LogP contribution in [0.2, 0.25) is 0 Å².